The van der Waals surface area contributed by atoms with Crippen LogP contribution in [-0.4, -0.2) is 41.5 Å². The Morgan fingerprint density at radius 1 is 1.29 bits per heavy atom. The lowest BCUT2D eigenvalue weighted by molar-refractivity contribution is -0.248. The summed E-state index contributed by atoms with van der Waals surface area (Å²) in [5, 5.41) is -5.87. The zero-order chi connectivity index (χ0) is 16.5. The number of carbonyl (C=O) groups excluding carboxylic acids is 1. The van der Waals surface area contributed by atoms with Crippen molar-refractivity contribution in [1.29, 1.82) is 0 Å². The van der Waals surface area contributed by atoms with Gasteiger partial charge in [-0.2, -0.15) is 22.0 Å². The van der Waals surface area contributed by atoms with E-state index in [-0.39, 0.29) is 0 Å². The number of hydrogen-bond donors (Lipinski definition) is 0. The molecular weight excluding hydrogens is 329 g/mol. The summed E-state index contributed by atoms with van der Waals surface area (Å²) in [6.07, 6.45) is -8.56. The summed E-state index contributed by atoms with van der Waals surface area (Å²) in [4.78, 5) is 14.6. The molecule has 1 atom stereocenters. The molecule has 1 heterocycles. The van der Waals surface area contributed by atoms with Gasteiger partial charge in [0.1, 0.15) is 0 Å². The lowest BCUT2D eigenvalue weighted by atomic mass is 10.3. The second kappa shape index (κ2) is 5.52. The Morgan fingerprint density at radius 3 is 2.24 bits per heavy atom. The van der Waals surface area contributed by atoms with Crippen molar-refractivity contribution in [2.24, 2.45) is 0 Å². The van der Waals surface area contributed by atoms with Crippen molar-refractivity contribution in [3.63, 3.8) is 0 Å². The van der Waals surface area contributed by atoms with Gasteiger partial charge in [-0.3, -0.25) is 4.98 Å². The molecule has 0 aliphatic rings. The van der Waals surface area contributed by atoms with Gasteiger partial charge in [0.2, 0.25) is 0 Å². The number of rotatable bonds is 4. The molecule has 12 heteroatoms. The van der Waals surface area contributed by atoms with Crippen LogP contribution in [0.1, 0.15) is 10.4 Å². The maximum absolute atomic E-state index is 13.1. The topological polar surface area (TPSA) is 96.4 Å². The van der Waals surface area contributed by atoms with Crippen molar-refractivity contribution in [3.05, 3.63) is 30.1 Å². The molecule has 0 fully saturated rings. The quantitative estimate of drug-likeness (QED) is 0.468. The molecule has 0 radical (unpaired) electrons. The fraction of sp³-hybridized carbons (Fsp3) is 0.333. The fourth-order valence-corrected chi connectivity index (χ4v) is 1.56. The highest BCUT2D eigenvalue weighted by Gasteiger charge is 2.63. The average molecular weight is 334 g/mol. The molecule has 0 spiro atoms. The van der Waals surface area contributed by atoms with E-state index in [1.54, 1.807) is 0 Å². The minimum absolute atomic E-state index is 0.633. The van der Waals surface area contributed by atoms with Gasteiger partial charge < -0.3 is 9.29 Å². The lowest BCUT2D eigenvalue weighted by Gasteiger charge is -2.29. The molecule has 0 N–H and O–H groups in total. The zero-order valence-corrected chi connectivity index (χ0v) is 10.5. The summed E-state index contributed by atoms with van der Waals surface area (Å²) in [5.41, 5.74) is -0.633. The number of alkyl halides is 5. The first kappa shape index (κ1) is 17.2. The Bertz CT molecular complexity index is 615. The smallest absolute Gasteiger partial charge is 0.432 e. The predicted octanol–water partition coefficient (Wildman–Crippen LogP) is 1.31. The average Bonchev–Trinajstić information content (AvgIpc) is 2.33. The molecule has 0 aliphatic heterocycles. The van der Waals surface area contributed by atoms with Crippen LogP contribution < -0.4 is 0 Å². The summed E-state index contributed by atoms with van der Waals surface area (Å²) in [6, 6.07) is 1.99. The second-order valence-corrected chi connectivity index (χ2v) is 5.04. The van der Waals surface area contributed by atoms with Crippen LogP contribution >= 0.6 is 0 Å². The van der Waals surface area contributed by atoms with Crippen molar-refractivity contribution in [2.45, 2.75) is 17.5 Å². The van der Waals surface area contributed by atoms with E-state index in [9.17, 15) is 39.7 Å². The van der Waals surface area contributed by atoms with Crippen LogP contribution in [-0.2, 0) is 14.9 Å². The van der Waals surface area contributed by atoms with Crippen molar-refractivity contribution in [3.8, 4) is 0 Å². The lowest BCUT2D eigenvalue weighted by Crippen LogP contribution is -2.52. The number of hydrogen-bond acceptors (Lipinski definition) is 6. The van der Waals surface area contributed by atoms with Gasteiger partial charge >= 0.3 is 17.4 Å². The van der Waals surface area contributed by atoms with Gasteiger partial charge in [0.15, 0.2) is 10.1 Å². The number of esters is 1. The summed E-state index contributed by atoms with van der Waals surface area (Å²) in [5.74, 6) is -1.91. The Kier molecular flexibility index (Phi) is 4.53. The van der Waals surface area contributed by atoms with Crippen LogP contribution in [0.4, 0.5) is 22.0 Å². The first-order chi connectivity index (χ1) is 9.37. The summed E-state index contributed by atoms with van der Waals surface area (Å²) < 4.78 is 97.7. The minimum atomic E-state index is -6.71. The van der Waals surface area contributed by atoms with Gasteiger partial charge in [0.25, 0.3) is 6.10 Å². The van der Waals surface area contributed by atoms with E-state index in [2.05, 4.69) is 9.72 Å². The van der Waals surface area contributed by atoms with Gasteiger partial charge in [0, 0.05) is 12.4 Å². The number of pyridine rings is 1. The first-order valence-corrected chi connectivity index (χ1v) is 6.29. The second-order valence-electron chi connectivity index (χ2n) is 3.58. The monoisotopic (exact) mass is 334 g/mol. The van der Waals surface area contributed by atoms with E-state index in [1.165, 1.54) is 0 Å². The van der Waals surface area contributed by atoms with E-state index < -0.39 is 39.2 Å². The van der Waals surface area contributed by atoms with Gasteiger partial charge in [-0.15, -0.1) is 0 Å². The summed E-state index contributed by atoms with van der Waals surface area (Å²) in [7, 11) is -6.71. The maximum Gasteiger partial charge on any atom is 0.432 e. The van der Waals surface area contributed by atoms with Crippen molar-refractivity contribution >= 4 is 16.1 Å². The molecule has 0 aliphatic carbocycles. The molecular formula is C9H5F5NO5S-. The Labute approximate surface area is 114 Å². The molecule has 1 rings (SSSR count). The van der Waals surface area contributed by atoms with E-state index in [1.807, 2.05) is 0 Å². The Hall–Kier alpha value is -1.82. The normalized spacial score (nSPS) is 14.6. The van der Waals surface area contributed by atoms with Crippen LogP contribution in [0, 0.1) is 0 Å². The number of ether oxygens (including phenoxy) is 1. The van der Waals surface area contributed by atoms with Crippen LogP contribution in [0.3, 0.4) is 0 Å². The molecule has 0 bridgehead atoms. The van der Waals surface area contributed by atoms with E-state index in [0.29, 0.717) is 6.20 Å². The number of aromatic nitrogens is 1. The van der Waals surface area contributed by atoms with Gasteiger partial charge in [-0.1, -0.05) is 0 Å². The SMILES string of the molecule is O=C(OC(C(F)(F)F)C(F)(F)S(=O)(=O)[O-])c1cccnc1. The predicted molar refractivity (Wildman–Crippen MR) is 54.1 cm³/mol. The summed E-state index contributed by atoms with van der Waals surface area (Å²) in [6.45, 7) is 0. The summed E-state index contributed by atoms with van der Waals surface area (Å²) >= 11 is 0. The highest BCUT2D eigenvalue weighted by molar-refractivity contribution is 7.86. The number of halogens is 5. The molecule has 1 aromatic heterocycles. The first-order valence-electron chi connectivity index (χ1n) is 4.88. The highest BCUT2D eigenvalue weighted by Crippen LogP contribution is 2.38. The van der Waals surface area contributed by atoms with Crippen molar-refractivity contribution in [2.75, 3.05) is 0 Å². The zero-order valence-electron chi connectivity index (χ0n) is 9.67. The molecule has 0 amide bonds. The minimum Gasteiger partial charge on any atom is -0.743 e. The molecule has 0 saturated heterocycles. The van der Waals surface area contributed by atoms with Crippen molar-refractivity contribution < 1.29 is 44.5 Å². The molecule has 0 saturated carbocycles. The van der Waals surface area contributed by atoms with E-state index in [0.717, 1.165) is 18.3 Å². The maximum atomic E-state index is 13.1. The third-order valence-electron chi connectivity index (χ3n) is 2.06. The highest BCUT2D eigenvalue weighted by atomic mass is 32.2. The largest absolute Gasteiger partial charge is 0.743 e. The Balaban J connectivity index is 3.16. The molecule has 0 aromatic carbocycles. The third kappa shape index (κ3) is 3.85. The molecule has 21 heavy (non-hydrogen) atoms. The fourth-order valence-electron chi connectivity index (χ4n) is 1.12. The van der Waals surface area contributed by atoms with Crippen LogP contribution in [0.5, 0.6) is 0 Å². The van der Waals surface area contributed by atoms with E-state index in [4.69, 9.17) is 0 Å². The van der Waals surface area contributed by atoms with Crippen LogP contribution in [0.2, 0.25) is 0 Å². The van der Waals surface area contributed by atoms with Gasteiger partial charge in [0.05, 0.1) is 5.56 Å². The molecule has 6 nitrogen and oxygen atoms in total. The van der Waals surface area contributed by atoms with E-state index >= 15 is 0 Å². The number of nitrogens with zero attached hydrogens (tertiary/aromatic N) is 1. The van der Waals surface area contributed by atoms with Gasteiger partial charge in [-0.25, -0.2) is 13.2 Å². The molecule has 1 unspecified atom stereocenters. The standard InChI is InChI=1S/C9H6F5NO5S/c10-8(11,12)7(9(13,14)21(17,18)19)20-6(16)5-2-1-3-15-4-5/h1-4,7H,(H,17,18,19)/p-1. The van der Waals surface area contributed by atoms with Crippen molar-refractivity contribution in [1.82, 2.24) is 4.98 Å². The third-order valence-corrected chi connectivity index (χ3v) is 2.94. The molecule has 118 valence electrons. The number of carbonyl (C=O) groups is 1. The molecule has 1 aromatic rings. The Morgan fingerprint density at radius 2 is 1.86 bits per heavy atom. The van der Waals surface area contributed by atoms with Crippen LogP contribution in [0.25, 0.3) is 0 Å². The van der Waals surface area contributed by atoms with Crippen LogP contribution in [0.15, 0.2) is 24.5 Å². The van der Waals surface area contributed by atoms with Gasteiger partial charge in [-0.05, 0) is 12.1 Å².